The first-order valence-electron chi connectivity index (χ1n) is 10.2. The minimum absolute atomic E-state index is 0.0579. The average Bonchev–Trinajstić information content (AvgIpc) is 3.32. The van der Waals surface area contributed by atoms with E-state index in [1.165, 1.54) is 32.4 Å². The summed E-state index contributed by atoms with van der Waals surface area (Å²) in [7, 11) is 0. The van der Waals surface area contributed by atoms with E-state index in [4.69, 9.17) is 0 Å². The van der Waals surface area contributed by atoms with E-state index >= 15 is 0 Å². The Balaban J connectivity index is 0.000000462. The van der Waals surface area contributed by atoms with E-state index in [1.807, 2.05) is 52.9 Å². The van der Waals surface area contributed by atoms with Crippen molar-refractivity contribution in [2.75, 3.05) is 0 Å². The number of rotatable bonds is 0. The van der Waals surface area contributed by atoms with Crippen molar-refractivity contribution in [3.05, 3.63) is 64.0 Å². The van der Waals surface area contributed by atoms with Gasteiger partial charge in [-0.2, -0.15) is 13.2 Å². The molecule has 0 aliphatic rings. The van der Waals surface area contributed by atoms with E-state index in [9.17, 15) is 13.2 Å². The lowest BCUT2D eigenvalue weighted by Gasteiger charge is -2.05. The predicted octanol–water partition coefficient (Wildman–Crippen LogP) is 9.91. The molecule has 2 aromatic heterocycles. The largest absolute Gasteiger partial charge is 0.418 e. The number of halogens is 3. The average molecular weight is 456 g/mol. The van der Waals surface area contributed by atoms with Gasteiger partial charge in [0.25, 0.3) is 0 Å². The van der Waals surface area contributed by atoms with Crippen LogP contribution in [0.4, 0.5) is 13.2 Å². The van der Waals surface area contributed by atoms with Crippen LogP contribution in [0.15, 0.2) is 48.5 Å². The van der Waals surface area contributed by atoms with Crippen LogP contribution in [-0.2, 0) is 6.18 Å². The lowest BCUT2D eigenvalue weighted by Crippen LogP contribution is -2.05. The van der Waals surface area contributed by atoms with Gasteiger partial charge < -0.3 is 0 Å². The molecule has 0 atom stereocenters. The summed E-state index contributed by atoms with van der Waals surface area (Å²) in [4.78, 5) is 5.27. The van der Waals surface area contributed by atoms with Crippen molar-refractivity contribution < 1.29 is 13.2 Å². The molecule has 6 heteroatoms. The normalized spacial score (nSPS) is 9.83. The van der Waals surface area contributed by atoms with E-state index in [2.05, 4.69) is 42.2 Å². The minimum atomic E-state index is -4.32. The maximum Gasteiger partial charge on any atom is 0.418 e. The Labute approximate surface area is 186 Å². The predicted molar refractivity (Wildman–Crippen MR) is 130 cm³/mol. The van der Waals surface area contributed by atoms with Gasteiger partial charge in [0, 0.05) is 9.58 Å². The third-order valence-corrected chi connectivity index (χ3v) is 5.35. The molecule has 0 bridgehead atoms. The molecule has 0 amide bonds. The summed E-state index contributed by atoms with van der Waals surface area (Å²) in [6.45, 7) is 15.8. The number of aromatic nitrogens is 1. The second-order valence-electron chi connectivity index (χ2n) is 5.28. The third kappa shape index (κ3) is 8.07. The van der Waals surface area contributed by atoms with Gasteiger partial charge in [-0.3, -0.25) is 0 Å². The zero-order valence-corrected chi connectivity index (χ0v) is 20.6. The Morgan fingerprint density at radius 3 is 1.87 bits per heavy atom. The van der Waals surface area contributed by atoms with E-state index in [0.29, 0.717) is 9.71 Å². The van der Waals surface area contributed by atoms with Gasteiger partial charge in [0.2, 0.25) is 0 Å². The summed E-state index contributed by atoms with van der Waals surface area (Å²) in [5, 5.41) is 2.02. The fourth-order valence-electron chi connectivity index (χ4n) is 2.40. The number of alkyl halides is 3. The summed E-state index contributed by atoms with van der Waals surface area (Å²) in [6.07, 6.45) is -4.32. The standard InChI is InChI=1S/C9H6F3NS.C9H8S.3C2H6/c1-5-13-8-6(9(10,11)12)3-2-4-7(8)14-5;1-7-6-8-4-2-3-5-9(8)10-7;3*1-2/h2-4H,1H3;2-6H,1H3;3*1-2H3. The summed E-state index contributed by atoms with van der Waals surface area (Å²) < 4.78 is 39.4. The highest BCUT2D eigenvalue weighted by molar-refractivity contribution is 7.19. The van der Waals surface area contributed by atoms with Crippen LogP contribution in [0.25, 0.3) is 20.3 Å². The number of aryl methyl sites for hydroxylation is 2. The Morgan fingerprint density at radius 2 is 1.30 bits per heavy atom. The summed E-state index contributed by atoms with van der Waals surface area (Å²) >= 11 is 3.12. The zero-order valence-electron chi connectivity index (χ0n) is 19.0. The Kier molecular flexibility index (Phi) is 13.2. The molecule has 0 aliphatic carbocycles. The number of benzene rings is 2. The van der Waals surface area contributed by atoms with Crippen molar-refractivity contribution in [3.63, 3.8) is 0 Å². The Hall–Kier alpha value is -1.92. The number of hydrogen-bond donors (Lipinski definition) is 0. The van der Waals surface area contributed by atoms with Crippen LogP contribution in [-0.4, -0.2) is 4.98 Å². The van der Waals surface area contributed by atoms with Gasteiger partial charge in [-0.15, -0.1) is 22.7 Å². The first-order chi connectivity index (χ1) is 14.3. The second-order valence-corrected chi connectivity index (χ2v) is 7.80. The molecule has 4 rings (SSSR count). The highest BCUT2D eigenvalue weighted by Crippen LogP contribution is 2.35. The Bertz CT molecular complexity index is 952. The number of fused-ring (bicyclic) bond motifs is 2. The molecule has 166 valence electrons. The fourth-order valence-corrected chi connectivity index (χ4v) is 4.18. The van der Waals surface area contributed by atoms with Gasteiger partial charge in [-0.25, -0.2) is 4.98 Å². The summed E-state index contributed by atoms with van der Waals surface area (Å²) in [5.74, 6) is 0. The molecule has 4 aromatic rings. The smallest absolute Gasteiger partial charge is 0.241 e. The molecular weight excluding hydrogens is 423 g/mol. The quantitative estimate of drug-likeness (QED) is 0.257. The van der Waals surface area contributed by atoms with Gasteiger partial charge in [0.15, 0.2) is 0 Å². The molecule has 0 unspecified atom stereocenters. The van der Waals surface area contributed by atoms with Gasteiger partial charge in [0.05, 0.1) is 20.8 Å². The fraction of sp³-hybridized carbons (Fsp3) is 0.375. The van der Waals surface area contributed by atoms with Gasteiger partial charge in [-0.05, 0) is 43.5 Å². The highest BCUT2D eigenvalue weighted by atomic mass is 32.1. The molecule has 30 heavy (non-hydrogen) atoms. The highest BCUT2D eigenvalue weighted by Gasteiger charge is 2.33. The summed E-state index contributed by atoms with van der Waals surface area (Å²) in [6, 6.07) is 14.8. The van der Waals surface area contributed by atoms with Crippen LogP contribution in [0, 0.1) is 13.8 Å². The van der Waals surface area contributed by atoms with E-state index in [-0.39, 0.29) is 5.52 Å². The molecule has 0 aliphatic heterocycles. The van der Waals surface area contributed by atoms with E-state index in [1.54, 1.807) is 13.0 Å². The van der Waals surface area contributed by atoms with Crippen LogP contribution >= 0.6 is 22.7 Å². The molecule has 1 nitrogen and oxygen atoms in total. The monoisotopic (exact) mass is 455 g/mol. The van der Waals surface area contributed by atoms with Gasteiger partial charge >= 0.3 is 6.18 Å². The van der Waals surface area contributed by atoms with Gasteiger partial charge in [0.1, 0.15) is 0 Å². The summed E-state index contributed by atoms with van der Waals surface area (Å²) in [5.41, 5.74) is -0.596. The number of hydrogen-bond acceptors (Lipinski definition) is 3. The first-order valence-corrected chi connectivity index (χ1v) is 11.9. The van der Waals surface area contributed by atoms with Gasteiger partial charge in [-0.1, -0.05) is 65.8 Å². The number of nitrogens with zero attached hydrogens (tertiary/aromatic N) is 1. The van der Waals surface area contributed by atoms with E-state index in [0.717, 1.165) is 6.07 Å². The van der Waals surface area contributed by atoms with E-state index < -0.39 is 11.7 Å². The molecule has 0 radical (unpaired) electrons. The number of thiazole rings is 1. The van der Waals surface area contributed by atoms with Crippen molar-refractivity contribution in [1.29, 1.82) is 0 Å². The van der Waals surface area contributed by atoms with Crippen LogP contribution in [0.5, 0.6) is 0 Å². The molecule has 0 N–H and O–H groups in total. The molecule has 2 aromatic carbocycles. The lowest BCUT2D eigenvalue weighted by atomic mass is 10.2. The van der Waals surface area contributed by atoms with Crippen LogP contribution in [0.1, 0.15) is 57.0 Å². The second kappa shape index (κ2) is 14.1. The van der Waals surface area contributed by atoms with Crippen molar-refractivity contribution >= 4 is 43.0 Å². The first kappa shape index (κ1) is 28.1. The molecule has 0 spiro atoms. The van der Waals surface area contributed by atoms with Crippen molar-refractivity contribution in [1.82, 2.24) is 4.98 Å². The van der Waals surface area contributed by atoms with Crippen LogP contribution in [0.2, 0.25) is 0 Å². The minimum Gasteiger partial charge on any atom is -0.241 e. The van der Waals surface area contributed by atoms with Crippen LogP contribution in [0.3, 0.4) is 0 Å². The topological polar surface area (TPSA) is 12.9 Å². The maximum atomic E-state index is 12.5. The van der Waals surface area contributed by atoms with Crippen LogP contribution < -0.4 is 0 Å². The molecule has 0 saturated heterocycles. The lowest BCUT2D eigenvalue weighted by molar-refractivity contribution is -0.136. The zero-order chi connectivity index (χ0) is 23.3. The Morgan fingerprint density at radius 1 is 0.733 bits per heavy atom. The number of thiophene rings is 1. The molecule has 2 heterocycles. The van der Waals surface area contributed by atoms with Crippen molar-refractivity contribution in [2.45, 2.75) is 61.6 Å². The number of para-hydroxylation sites is 1. The molecule has 0 fully saturated rings. The van der Waals surface area contributed by atoms with Crippen molar-refractivity contribution in [3.8, 4) is 0 Å². The molecular formula is C24H32F3NS2. The third-order valence-electron chi connectivity index (χ3n) is 3.38. The van der Waals surface area contributed by atoms with Crippen molar-refractivity contribution in [2.24, 2.45) is 0 Å². The SMILES string of the molecule is CC.CC.CC.Cc1cc2ccccc2s1.Cc1nc2c(C(F)(F)F)cccc2s1. The molecule has 0 saturated carbocycles. The maximum absolute atomic E-state index is 12.5.